The van der Waals surface area contributed by atoms with Gasteiger partial charge in [-0.05, 0) is 57.4 Å². The fraction of sp³-hybridized carbons (Fsp3) is 0.308. The Labute approximate surface area is 119 Å². The van der Waals surface area contributed by atoms with Crippen LogP contribution in [0.25, 0.3) is 0 Å². The fourth-order valence-electron chi connectivity index (χ4n) is 1.50. The summed E-state index contributed by atoms with van der Waals surface area (Å²) >= 11 is 5.10. The van der Waals surface area contributed by atoms with Crippen LogP contribution in [-0.2, 0) is 6.42 Å². The van der Waals surface area contributed by atoms with E-state index >= 15 is 0 Å². The summed E-state index contributed by atoms with van der Waals surface area (Å²) in [6.45, 7) is 2.48. The van der Waals surface area contributed by atoms with Crippen LogP contribution < -0.4 is 10.1 Å². The summed E-state index contributed by atoms with van der Waals surface area (Å²) < 4.78 is 6.51. The van der Waals surface area contributed by atoms with Crippen LogP contribution in [0.15, 0.2) is 39.8 Å². The van der Waals surface area contributed by atoms with Crippen molar-refractivity contribution in [3.05, 3.63) is 45.3 Å². The van der Waals surface area contributed by atoms with Crippen molar-refractivity contribution in [2.45, 2.75) is 6.42 Å². The molecule has 0 radical (unpaired) electrons. The third-order valence-corrected chi connectivity index (χ3v) is 3.56. The molecule has 0 fully saturated rings. The van der Waals surface area contributed by atoms with E-state index in [1.54, 1.807) is 23.7 Å². The highest BCUT2D eigenvalue weighted by Gasteiger charge is 1.96. The van der Waals surface area contributed by atoms with Gasteiger partial charge in [-0.25, -0.2) is 0 Å². The summed E-state index contributed by atoms with van der Waals surface area (Å²) in [5.74, 6) is 0.795. The summed E-state index contributed by atoms with van der Waals surface area (Å²) in [4.78, 5) is 4.04. The molecule has 0 bridgehead atoms. The van der Waals surface area contributed by atoms with E-state index in [1.807, 2.05) is 6.07 Å². The first-order valence-electron chi connectivity index (χ1n) is 5.80. The predicted octanol–water partition coefficient (Wildman–Crippen LogP) is 3.12. The van der Waals surface area contributed by atoms with Crippen LogP contribution in [-0.4, -0.2) is 24.7 Å². The van der Waals surface area contributed by atoms with E-state index in [4.69, 9.17) is 4.74 Å². The molecule has 2 rings (SSSR count). The van der Waals surface area contributed by atoms with Gasteiger partial charge >= 0.3 is 0 Å². The van der Waals surface area contributed by atoms with Gasteiger partial charge in [0, 0.05) is 17.2 Å². The Balaban J connectivity index is 1.56. The van der Waals surface area contributed by atoms with Crippen LogP contribution in [0.2, 0.25) is 0 Å². The zero-order valence-corrected chi connectivity index (χ0v) is 12.3. The van der Waals surface area contributed by atoms with Crippen LogP contribution >= 0.6 is 27.3 Å². The molecule has 0 amide bonds. The number of aromatic nitrogens is 1. The second kappa shape index (κ2) is 7.51. The van der Waals surface area contributed by atoms with Crippen LogP contribution in [0.4, 0.5) is 0 Å². The van der Waals surface area contributed by atoms with E-state index < -0.39 is 0 Å². The first kappa shape index (κ1) is 13.5. The first-order chi connectivity index (χ1) is 8.84. The molecule has 0 aliphatic heterocycles. The van der Waals surface area contributed by atoms with Gasteiger partial charge in [0.15, 0.2) is 0 Å². The number of pyridine rings is 1. The normalized spacial score (nSPS) is 10.5. The second-order valence-corrected chi connectivity index (χ2v) is 5.51. The summed E-state index contributed by atoms with van der Waals surface area (Å²) in [6.07, 6.45) is 4.53. The van der Waals surface area contributed by atoms with E-state index in [-0.39, 0.29) is 0 Å². The zero-order valence-electron chi connectivity index (χ0n) is 9.93. The molecule has 0 unspecified atom stereocenters. The Hall–Kier alpha value is -0.910. The summed E-state index contributed by atoms with van der Waals surface area (Å²) in [7, 11) is 0. The van der Waals surface area contributed by atoms with E-state index in [0.717, 1.165) is 29.7 Å². The molecule has 1 N–H and O–H groups in total. The third-order valence-electron chi connectivity index (χ3n) is 2.40. The lowest BCUT2D eigenvalue weighted by molar-refractivity contribution is 0.313. The van der Waals surface area contributed by atoms with E-state index in [0.29, 0.717) is 6.61 Å². The minimum atomic E-state index is 0.655. The molecule has 5 heteroatoms. The third kappa shape index (κ3) is 4.76. The summed E-state index contributed by atoms with van der Waals surface area (Å²) in [5, 5.41) is 7.65. The van der Waals surface area contributed by atoms with Gasteiger partial charge in [0.1, 0.15) is 12.4 Å². The number of nitrogens with zero attached hydrogens (tertiary/aromatic N) is 1. The maximum absolute atomic E-state index is 5.57. The van der Waals surface area contributed by atoms with Crippen LogP contribution in [0, 0.1) is 0 Å². The van der Waals surface area contributed by atoms with Gasteiger partial charge in [0.05, 0.1) is 6.20 Å². The lowest BCUT2D eigenvalue weighted by Crippen LogP contribution is -2.23. The fourth-order valence-corrected chi connectivity index (χ4v) is 2.55. The Kier molecular flexibility index (Phi) is 5.64. The molecule has 2 heterocycles. The number of hydrogen-bond acceptors (Lipinski definition) is 4. The number of ether oxygens (including phenoxy) is 1. The second-order valence-electron chi connectivity index (χ2n) is 3.82. The maximum Gasteiger partial charge on any atom is 0.138 e. The lowest BCUT2D eigenvalue weighted by Gasteiger charge is -2.07. The van der Waals surface area contributed by atoms with Gasteiger partial charge in [0.25, 0.3) is 0 Å². The summed E-state index contributed by atoms with van der Waals surface area (Å²) in [5.41, 5.74) is 1.39. The molecule has 18 heavy (non-hydrogen) atoms. The largest absolute Gasteiger partial charge is 0.491 e. The standard InChI is InChI=1S/C13H15BrN2OS/c14-12-7-13(9-16-8-12)17-5-4-15-3-1-11-2-6-18-10-11/h2,6-10,15H,1,3-5H2. The van der Waals surface area contributed by atoms with Crippen molar-refractivity contribution in [1.29, 1.82) is 0 Å². The maximum atomic E-state index is 5.57. The van der Waals surface area contributed by atoms with Gasteiger partial charge in [-0.3, -0.25) is 4.98 Å². The highest BCUT2D eigenvalue weighted by Crippen LogP contribution is 2.15. The Morgan fingerprint density at radius 2 is 2.28 bits per heavy atom. The topological polar surface area (TPSA) is 34.1 Å². The van der Waals surface area contributed by atoms with E-state index in [1.165, 1.54) is 5.56 Å². The molecule has 96 valence electrons. The van der Waals surface area contributed by atoms with Crippen LogP contribution in [0.3, 0.4) is 0 Å². The van der Waals surface area contributed by atoms with Crippen molar-refractivity contribution >= 4 is 27.3 Å². The number of nitrogens with one attached hydrogen (secondary N) is 1. The molecule has 0 atom stereocenters. The molecular formula is C13H15BrN2OS. The molecule has 0 spiro atoms. The van der Waals surface area contributed by atoms with Gasteiger partial charge < -0.3 is 10.1 Å². The smallest absolute Gasteiger partial charge is 0.138 e. The lowest BCUT2D eigenvalue weighted by atomic mass is 10.2. The Morgan fingerprint density at radius 1 is 1.33 bits per heavy atom. The number of hydrogen-bond donors (Lipinski definition) is 1. The van der Waals surface area contributed by atoms with Crippen molar-refractivity contribution < 1.29 is 4.74 Å². The Bertz CT molecular complexity index is 462. The molecule has 0 aromatic carbocycles. The molecule has 0 aliphatic carbocycles. The number of thiophene rings is 1. The molecule has 0 saturated heterocycles. The number of rotatable bonds is 7. The van der Waals surface area contributed by atoms with Gasteiger partial charge in [-0.15, -0.1) is 0 Å². The minimum Gasteiger partial charge on any atom is -0.491 e. The van der Waals surface area contributed by atoms with Crippen molar-refractivity contribution in [1.82, 2.24) is 10.3 Å². The molecule has 0 saturated carbocycles. The monoisotopic (exact) mass is 326 g/mol. The molecule has 2 aromatic heterocycles. The molecule has 2 aromatic rings. The molecule has 3 nitrogen and oxygen atoms in total. The van der Waals surface area contributed by atoms with Crippen molar-refractivity contribution in [3.63, 3.8) is 0 Å². The van der Waals surface area contributed by atoms with Gasteiger partial charge in [-0.1, -0.05) is 0 Å². The summed E-state index contributed by atoms with van der Waals surface area (Å²) in [6, 6.07) is 4.08. The molecular weight excluding hydrogens is 312 g/mol. The minimum absolute atomic E-state index is 0.655. The Morgan fingerprint density at radius 3 is 3.06 bits per heavy atom. The van der Waals surface area contributed by atoms with Crippen molar-refractivity contribution in [2.75, 3.05) is 19.7 Å². The highest BCUT2D eigenvalue weighted by molar-refractivity contribution is 9.10. The molecule has 0 aliphatic rings. The predicted molar refractivity (Wildman–Crippen MR) is 78.3 cm³/mol. The van der Waals surface area contributed by atoms with Gasteiger partial charge in [0.2, 0.25) is 0 Å². The number of halogens is 1. The highest BCUT2D eigenvalue weighted by atomic mass is 79.9. The zero-order chi connectivity index (χ0) is 12.6. The first-order valence-corrected chi connectivity index (χ1v) is 7.53. The van der Waals surface area contributed by atoms with E-state index in [2.05, 4.69) is 43.1 Å². The quantitative estimate of drug-likeness (QED) is 0.794. The van der Waals surface area contributed by atoms with Crippen LogP contribution in [0.1, 0.15) is 5.56 Å². The average molecular weight is 327 g/mol. The SMILES string of the molecule is Brc1cncc(OCCNCCc2ccsc2)c1. The van der Waals surface area contributed by atoms with Crippen molar-refractivity contribution in [2.24, 2.45) is 0 Å². The van der Waals surface area contributed by atoms with Gasteiger partial charge in [-0.2, -0.15) is 11.3 Å². The van der Waals surface area contributed by atoms with E-state index in [9.17, 15) is 0 Å². The van der Waals surface area contributed by atoms with Crippen LogP contribution in [0.5, 0.6) is 5.75 Å². The average Bonchev–Trinajstić information content (AvgIpc) is 2.87. The van der Waals surface area contributed by atoms with Crippen molar-refractivity contribution in [3.8, 4) is 5.75 Å².